The summed E-state index contributed by atoms with van der Waals surface area (Å²) in [4.78, 5) is 68.4. The van der Waals surface area contributed by atoms with E-state index in [2.05, 4.69) is 58.4 Å². The van der Waals surface area contributed by atoms with Crippen LogP contribution < -0.4 is 10.6 Å². The number of anilines is 2. The highest BCUT2D eigenvalue weighted by atomic mass is 16.2. The number of unbranched alkanes of at least 4 members (excludes halogenated alkanes) is 2. The molecule has 3 rings (SSSR count). The van der Waals surface area contributed by atoms with Crippen molar-refractivity contribution in [1.82, 2.24) is 9.80 Å². The molecule has 1 aliphatic heterocycles. The molecule has 1 atom stereocenters. The van der Waals surface area contributed by atoms with Crippen LogP contribution in [0.3, 0.4) is 0 Å². The van der Waals surface area contributed by atoms with Crippen molar-refractivity contribution >= 4 is 46.2 Å². The number of carbonyl (C=O) groups excluding carboxylic acids is 5. The van der Waals surface area contributed by atoms with Gasteiger partial charge in [0.15, 0.2) is 17.3 Å². The zero-order valence-electron chi connectivity index (χ0n) is 28.6. The topological polar surface area (TPSA) is 141 Å². The molecule has 1 unspecified atom stereocenters. The third-order valence-electron chi connectivity index (χ3n) is 8.53. The van der Waals surface area contributed by atoms with Gasteiger partial charge in [-0.3, -0.25) is 24.0 Å². The Balaban J connectivity index is 1.77. The van der Waals surface area contributed by atoms with Gasteiger partial charge >= 0.3 is 0 Å². The van der Waals surface area contributed by atoms with E-state index >= 15 is 0 Å². The SMILES string of the molecule is CCN(CC)CCCCC(=O)c1cc(N=NC(C(C)=O)C(=O)Nc2ccc3c(c2)NC(=O)C3)cc(C(=O)CCCCN(CC)CC)c1. The quantitative estimate of drug-likeness (QED) is 0.0707. The van der Waals surface area contributed by atoms with Gasteiger partial charge in [-0.2, -0.15) is 10.2 Å². The first-order chi connectivity index (χ1) is 22.6. The fourth-order valence-corrected chi connectivity index (χ4v) is 5.55. The number of benzene rings is 2. The molecule has 11 heteroatoms. The Morgan fingerprint density at radius 2 is 1.36 bits per heavy atom. The summed E-state index contributed by atoms with van der Waals surface area (Å²) >= 11 is 0. The molecule has 2 aromatic carbocycles. The van der Waals surface area contributed by atoms with Gasteiger partial charge in [0.25, 0.3) is 5.91 Å². The van der Waals surface area contributed by atoms with Crippen LogP contribution >= 0.6 is 0 Å². The van der Waals surface area contributed by atoms with Crippen molar-refractivity contribution in [1.29, 1.82) is 0 Å². The van der Waals surface area contributed by atoms with Crippen LogP contribution in [0.5, 0.6) is 0 Å². The van der Waals surface area contributed by atoms with Crippen molar-refractivity contribution < 1.29 is 24.0 Å². The van der Waals surface area contributed by atoms with Crippen LogP contribution in [-0.4, -0.2) is 84.3 Å². The lowest BCUT2D eigenvalue weighted by Gasteiger charge is -2.17. The first-order valence-electron chi connectivity index (χ1n) is 16.9. The third kappa shape index (κ3) is 11.6. The Morgan fingerprint density at radius 1 is 0.809 bits per heavy atom. The summed E-state index contributed by atoms with van der Waals surface area (Å²) in [6.45, 7) is 15.4. The minimum atomic E-state index is -1.45. The molecule has 11 nitrogen and oxygen atoms in total. The molecule has 0 spiro atoms. The average molecular weight is 647 g/mol. The lowest BCUT2D eigenvalue weighted by atomic mass is 9.98. The maximum absolute atomic E-state index is 13.3. The van der Waals surface area contributed by atoms with Crippen molar-refractivity contribution in [2.75, 3.05) is 49.9 Å². The van der Waals surface area contributed by atoms with Gasteiger partial charge < -0.3 is 20.4 Å². The maximum atomic E-state index is 13.3. The van der Waals surface area contributed by atoms with Crippen LogP contribution in [0.4, 0.5) is 17.1 Å². The van der Waals surface area contributed by atoms with Crippen LogP contribution in [0.15, 0.2) is 46.6 Å². The van der Waals surface area contributed by atoms with E-state index in [1.54, 1.807) is 36.4 Å². The van der Waals surface area contributed by atoms with Crippen molar-refractivity contribution in [2.24, 2.45) is 10.2 Å². The fourth-order valence-electron chi connectivity index (χ4n) is 5.55. The molecule has 1 aliphatic rings. The fraction of sp³-hybridized carbons (Fsp3) is 0.528. The molecule has 2 amide bonds. The summed E-state index contributed by atoms with van der Waals surface area (Å²) < 4.78 is 0. The van der Waals surface area contributed by atoms with Gasteiger partial charge in [-0.05, 0) is 108 Å². The number of hydrogen-bond donors (Lipinski definition) is 2. The van der Waals surface area contributed by atoms with Crippen molar-refractivity contribution in [3.63, 3.8) is 0 Å². The Hall–Kier alpha value is -4.09. The molecule has 0 aromatic heterocycles. The average Bonchev–Trinajstić information content (AvgIpc) is 3.43. The third-order valence-corrected chi connectivity index (χ3v) is 8.53. The molecule has 0 bridgehead atoms. The summed E-state index contributed by atoms with van der Waals surface area (Å²) in [5.74, 6) is -1.53. The first kappa shape index (κ1) is 37.4. The number of nitrogens with one attached hydrogen (secondary N) is 2. The summed E-state index contributed by atoms with van der Waals surface area (Å²) in [6.07, 6.45) is 4.14. The Bertz CT molecular complexity index is 1400. The van der Waals surface area contributed by atoms with E-state index in [1.165, 1.54) is 6.92 Å². The number of fused-ring (bicyclic) bond motifs is 1. The predicted molar refractivity (Wildman–Crippen MR) is 185 cm³/mol. The molecule has 0 radical (unpaired) electrons. The minimum absolute atomic E-state index is 0.0956. The standard InChI is InChI=1S/C36H50N6O5/c1-6-41(7-2)18-12-10-14-32(44)27-20-28(33(45)15-11-13-19-42(8-3)9-4)22-30(21-27)39-40-35(25(5)43)36(47)37-29-17-16-26-23-34(46)38-31(26)24-29/h16-17,20-22,24,35H,6-15,18-19,23H2,1-5H3,(H,37,47)(H,38,46). The molecule has 0 saturated heterocycles. The monoisotopic (exact) mass is 646 g/mol. The van der Waals surface area contributed by atoms with E-state index < -0.39 is 17.7 Å². The summed E-state index contributed by atoms with van der Waals surface area (Å²) in [5, 5.41) is 13.7. The molecular weight excluding hydrogens is 596 g/mol. The van der Waals surface area contributed by atoms with E-state index in [1.807, 2.05) is 0 Å². The maximum Gasteiger partial charge on any atom is 0.258 e. The number of azo groups is 1. The second kappa shape index (κ2) is 18.9. The number of carbonyl (C=O) groups is 5. The summed E-state index contributed by atoms with van der Waals surface area (Å²) in [6, 6.07) is 8.32. The van der Waals surface area contributed by atoms with E-state index in [0.29, 0.717) is 48.2 Å². The van der Waals surface area contributed by atoms with Gasteiger partial charge in [0.05, 0.1) is 12.1 Å². The highest BCUT2D eigenvalue weighted by molar-refractivity contribution is 6.10. The number of hydrogen-bond acceptors (Lipinski definition) is 9. The van der Waals surface area contributed by atoms with E-state index in [0.717, 1.165) is 57.7 Å². The smallest absolute Gasteiger partial charge is 0.258 e. The highest BCUT2D eigenvalue weighted by Gasteiger charge is 2.25. The zero-order valence-corrected chi connectivity index (χ0v) is 28.6. The van der Waals surface area contributed by atoms with E-state index in [-0.39, 0.29) is 29.6 Å². The summed E-state index contributed by atoms with van der Waals surface area (Å²) in [7, 11) is 0. The molecule has 2 aromatic rings. The molecule has 1 heterocycles. The molecule has 0 saturated carbocycles. The normalized spacial score (nSPS) is 13.2. The van der Waals surface area contributed by atoms with Gasteiger partial charge in [0, 0.05) is 35.3 Å². The highest BCUT2D eigenvalue weighted by Crippen LogP contribution is 2.27. The van der Waals surface area contributed by atoms with E-state index in [4.69, 9.17) is 0 Å². The lowest BCUT2D eigenvalue weighted by molar-refractivity contribution is -0.126. The number of nitrogens with zero attached hydrogens (tertiary/aromatic N) is 4. The van der Waals surface area contributed by atoms with Crippen molar-refractivity contribution in [3.8, 4) is 0 Å². The predicted octanol–water partition coefficient (Wildman–Crippen LogP) is 6.25. The van der Waals surface area contributed by atoms with Crippen LogP contribution in [0, 0.1) is 0 Å². The lowest BCUT2D eigenvalue weighted by Crippen LogP contribution is -2.31. The number of rotatable bonds is 21. The first-order valence-corrected chi connectivity index (χ1v) is 16.9. The molecular formula is C36H50N6O5. The molecule has 254 valence electrons. The zero-order chi connectivity index (χ0) is 34.3. The van der Waals surface area contributed by atoms with Crippen LogP contribution in [0.2, 0.25) is 0 Å². The molecule has 47 heavy (non-hydrogen) atoms. The molecule has 0 fully saturated rings. The van der Waals surface area contributed by atoms with Crippen LogP contribution in [0.1, 0.15) is 99.4 Å². The largest absolute Gasteiger partial charge is 0.325 e. The minimum Gasteiger partial charge on any atom is -0.325 e. The van der Waals surface area contributed by atoms with Crippen molar-refractivity contribution in [3.05, 3.63) is 53.1 Å². The Morgan fingerprint density at radius 3 is 1.87 bits per heavy atom. The van der Waals surface area contributed by atoms with Gasteiger partial charge in [-0.15, -0.1) is 0 Å². The van der Waals surface area contributed by atoms with E-state index in [9.17, 15) is 24.0 Å². The van der Waals surface area contributed by atoms with Crippen LogP contribution in [-0.2, 0) is 20.8 Å². The number of ketones is 3. The molecule has 2 N–H and O–H groups in total. The van der Waals surface area contributed by atoms with Gasteiger partial charge in [-0.1, -0.05) is 33.8 Å². The Kier molecular flexibility index (Phi) is 15.0. The molecule has 0 aliphatic carbocycles. The summed E-state index contributed by atoms with van der Waals surface area (Å²) in [5.41, 5.74) is 2.78. The number of Topliss-reactive ketones (excluding diaryl/α,β-unsaturated/α-hetero) is 3. The van der Waals surface area contributed by atoms with Gasteiger partial charge in [-0.25, -0.2) is 0 Å². The second-order valence-electron chi connectivity index (χ2n) is 11.9. The number of amides is 2. The van der Waals surface area contributed by atoms with Crippen LogP contribution in [0.25, 0.3) is 0 Å². The van der Waals surface area contributed by atoms with Gasteiger partial charge in [0.1, 0.15) is 0 Å². The van der Waals surface area contributed by atoms with Crippen molar-refractivity contribution in [2.45, 2.75) is 85.6 Å². The van der Waals surface area contributed by atoms with Gasteiger partial charge in [0.2, 0.25) is 11.9 Å². The Labute approximate surface area is 278 Å². The second-order valence-corrected chi connectivity index (χ2v) is 11.9.